The van der Waals surface area contributed by atoms with Gasteiger partial charge in [0.05, 0.1) is 0 Å². The molecular weight excluding hydrogens is 326 g/mol. The highest BCUT2D eigenvalue weighted by molar-refractivity contribution is 7.15. The van der Waals surface area contributed by atoms with Crippen molar-refractivity contribution in [1.29, 1.82) is 0 Å². The summed E-state index contributed by atoms with van der Waals surface area (Å²) in [6, 6.07) is 1.66. The number of rotatable bonds is 4. The number of piperazine rings is 1. The van der Waals surface area contributed by atoms with Crippen LogP contribution in [0.3, 0.4) is 0 Å². The number of thiazole rings is 1. The van der Waals surface area contributed by atoms with E-state index in [0.717, 1.165) is 49.1 Å². The monoisotopic (exact) mass is 351 g/mol. The van der Waals surface area contributed by atoms with Crippen LogP contribution in [0.25, 0.3) is 4.96 Å². The lowest BCUT2D eigenvalue weighted by Crippen LogP contribution is -3.28. The van der Waals surface area contributed by atoms with Crippen LogP contribution in [-0.2, 0) is 11.3 Å². The first-order chi connectivity index (χ1) is 11.4. The minimum atomic E-state index is 0.00832. The van der Waals surface area contributed by atoms with Crippen LogP contribution in [0.1, 0.15) is 11.4 Å². The number of fused-ring (bicyclic) bond motifs is 1. The summed E-state index contributed by atoms with van der Waals surface area (Å²) in [6.45, 7) is 7.23. The highest BCUT2D eigenvalue weighted by atomic mass is 32.1. The summed E-state index contributed by atoms with van der Waals surface area (Å²) in [5.41, 5.74) is 1.81. The third-order valence-corrected chi connectivity index (χ3v) is 5.57. The van der Waals surface area contributed by atoms with Gasteiger partial charge in [0.15, 0.2) is 11.5 Å². The molecule has 2 N–H and O–H groups in total. The molecule has 1 fully saturated rings. The zero-order chi connectivity index (χ0) is 17.3. The minimum Gasteiger partial charge on any atom is -0.344 e. The van der Waals surface area contributed by atoms with E-state index in [2.05, 4.69) is 4.98 Å². The maximum Gasteiger partial charge on any atom is 0.277 e. The fourth-order valence-corrected chi connectivity index (χ4v) is 4.02. The van der Waals surface area contributed by atoms with Gasteiger partial charge in [-0.2, -0.15) is 0 Å². The van der Waals surface area contributed by atoms with Gasteiger partial charge in [-0.25, -0.2) is 4.98 Å². The van der Waals surface area contributed by atoms with Gasteiger partial charge in [0.25, 0.3) is 11.5 Å². The number of aromatic nitrogens is 2. The molecule has 0 bridgehead atoms. The topological polar surface area (TPSA) is 63.6 Å². The lowest BCUT2D eigenvalue weighted by molar-refractivity contribution is -1.02. The van der Waals surface area contributed by atoms with E-state index in [-0.39, 0.29) is 11.5 Å². The molecule has 1 saturated heterocycles. The third-order valence-electron chi connectivity index (χ3n) is 4.62. The SMILES string of the molecule is Cc1csc2nc(C[NH+]3CC[NH+](CC(=O)N(C)C)CC3)cc(=O)n12. The fraction of sp³-hybridized carbons (Fsp3) is 0.562. The summed E-state index contributed by atoms with van der Waals surface area (Å²) >= 11 is 1.51. The summed E-state index contributed by atoms with van der Waals surface area (Å²) in [7, 11) is 3.60. The molecule has 2 aromatic rings. The largest absolute Gasteiger partial charge is 0.344 e. The molecule has 24 heavy (non-hydrogen) atoms. The second kappa shape index (κ2) is 7.00. The average Bonchev–Trinajstić information content (AvgIpc) is 2.90. The zero-order valence-corrected chi connectivity index (χ0v) is 15.3. The Balaban J connectivity index is 1.60. The van der Waals surface area contributed by atoms with Gasteiger partial charge in [0, 0.05) is 31.2 Å². The molecule has 0 aromatic carbocycles. The van der Waals surface area contributed by atoms with Crippen LogP contribution in [0.5, 0.6) is 0 Å². The first kappa shape index (κ1) is 17.1. The molecule has 0 aliphatic carbocycles. The maximum absolute atomic E-state index is 12.2. The number of carbonyl (C=O) groups is 1. The quantitative estimate of drug-likeness (QED) is 0.637. The van der Waals surface area contributed by atoms with Crippen molar-refractivity contribution in [2.45, 2.75) is 13.5 Å². The first-order valence-electron chi connectivity index (χ1n) is 8.28. The van der Waals surface area contributed by atoms with Gasteiger partial charge in [-0.1, -0.05) is 0 Å². The Labute approximate surface area is 145 Å². The van der Waals surface area contributed by atoms with E-state index in [1.54, 1.807) is 29.5 Å². The normalized spacial score (nSPS) is 21.1. The van der Waals surface area contributed by atoms with E-state index < -0.39 is 0 Å². The number of nitrogens with zero attached hydrogens (tertiary/aromatic N) is 3. The predicted molar refractivity (Wildman–Crippen MR) is 92.7 cm³/mol. The van der Waals surface area contributed by atoms with Gasteiger partial charge < -0.3 is 14.7 Å². The molecule has 0 atom stereocenters. The van der Waals surface area contributed by atoms with E-state index in [9.17, 15) is 9.59 Å². The number of aryl methyl sites for hydroxylation is 1. The van der Waals surface area contributed by atoms with Crippen molar-refractivity contribution in [3.05, 3.63) is 33.2 Å². The molecule has 0 saturated carbocycles. The van der Waals surface area contributed by atoms with Crippen molar-refractivity contribution in [2.24, 2.45) is 0 Å². The molecule has 1 aliphatic heterocycles. The molecule has 1 aliphatic rings. The summed E-state index contributed by atoms with van der Waals surface area (Å²) < 4.78 is 1.67. The molecule has 3 heterocycles. The summed E-state index contributed by atoms with van der Waals surface area (Å²) in [5, 5.41) is 1.96. The standard InChI is InChI=1S/C16H23N5O2S/c1-12-11-24-16-17-13(8-14(22)21(12)16)9-19-4-6-20(7-5-19)10-15(23)18(2)3/h8,11H,4-7,9-10H2,1-3H3/p+2. The van der Waals surface area contributed by atoms with Crippen molar-refractivity contribution in [2.75, 3.05) is 46.8 Å². The highest BCUT2D eigenvalue weighted by Gasteiger charge is 2.25. The van der Waals surface area contributed by atoms with Crippen LogP contribution in [0.15, 0.2) is 16.2 Å². The summed E-state index contributed by atoms with van der Waals surface area (Å²) in [4.78, 5) is 33.9. The number of likely N-dealkylation sites (N-methyl/N-ethyl adjacent to an activating group) is 1. The summed E-state index contributed by atoms with van der Waals surface area (Å²) in [6.07, 6.45) is 0. The van der Waals surface area contributed by atoms with Crippen LogP contribution >= 0.6 is 11.3 Å². The van der Waals surface area contributed by atoms with Crippen LogP contribution in [0.4, 0.5) is 0 Å². The minimum absolute atomic E-state index is 0.00832. The van der Waals surface area contributed by atoms with Crippen LogP contribution in [-0.4, -0.2) is 67.0 Å². The molecule has 2 aromatic heterocycles. The Hall–Kier alpha value is -1.77. The Morgan fingerprint density at radius 1 is 1.29 bits per heavy atom. The molecule has 7 nitrogen and oxygen atoms in total. The second-order valence-corrected chi connectivity index (χ2v) is 7.56. The van der Waals surface area contributed by atoms with Gasteiger partial charge in [-0.15, -0.1) is 11.3 Å². The maximum atomic E-state index is 12.2. The predicted octanol–water partition coefficient (Wildman–Crippen LogP) is -2.56. The fourth-order valence-electron chi connectivity index (χ4n) is 3.13. The van der Waals surface area contributed by atoms with Gasteiger partial charge in [0.1, 0.15) is 38.4 Å². The Morgan fingerprint density at radius 3 is 2.62 bits per heavy atom. The number of nitrogens with one attached hydrogen (secondary N) is 2. The van der Waals surface area contributed by atoms with Crippen LogP contribution in [0, 0.1) is 6.92 Å². The number of quaternary nitrogens is 2. The van der Waals surface area contributed by atoms with Crippen molar-refractivity contribution in [3.63, 3.8) is 0 Å². The van der Waals surface area contributed by atoms with E-state index in [1.165, 1.54) is 21.1 Å². The van der Waals surface area contributed by atoms with Crippen LogP contribution < -0.4 is 15.4 Å². The van der Waals surface area contributed by atoms with E-state index in [0.29, 0.717) is 6.54 Å². The van der Waals surface area contributed by atoms with Gasteiger partial charge >= 0.3 is 0 Å². The van der Waals surface area contributed by atoms with E-state index in [1.807, 2.05) is 12.3 Å². The van der Waals surface area contributed by atoms with Crippen molar-refractivity contribution >= 4 is 22.2 Å². The highest BCUT2D eigenvalue weighted by Crippen LogP contribution is 2.11. The Bertz CT molecular complexity index is 789. The van der Waals surface area contributed by atoms with Crippen molar-refractivity contribution in [1.82, 2.24) is 14.3 Å². The summed E-state index contributed by atoms with van der Waals surface area (Å²) in [5.74, 6) is 0.182. The zero-order valence-electron chi connectivity index (χ0n) is 14.5. The molecule has 8 heteroatoms. The molecule has 3 rings (SSSR count). The lowest BCUT2D eigenvalue weighted by atomic mass is 10.2. The van der Waals surface area contributed by atoms with Gasteiger partial charge in [0.2, 0.25) is 0 Å². The van der Waals surface area contributed by atoms with Gasteiger partial charge in [-0.05, 0) is 6.92 Å². The number of hydrogen-bond acceptors (Lipinski definition) is 4. The Morgan fingerprint density at radius 2 is 1.96 bits per heavy atom. The number of carbonyl (C=O) groups excluding carboxylic acids is 1. The Kier molecular flexibility index (Phi) is 4.98. The van der Waals surface area contributed by atoms with E-state index >= 15 is 0 Å². The molecule has 0 unspecified atom stereocenters. The first-order valence-corrected chi connectivity index (χ1v) is 9.16. The number of hydrogen-bond donors (Lipinski definition) is 2. The molecule has 1 amide bonds. The molecule has 130 valence electrons. The number of amides is 1. The average molecular weight is 351 g/mol. The van der Waals surface area contributed by atoms with Crippen molar-refractivity contribution in [3.8, 4) is 0 Å². The second-order valence-electron chi connectivity index (χ2n) is 6.72. The molecule has 0 radical (unpaired) electrons. The molecule has 0 spiro atoms. The van der Waals surface area contributed by atoms with Gasteiger partial charge in [-0.3, -0.25) is 14.0 Å². The smallest absolute Gasteiger partial charge is 0.277 e. The molecular formula is C16H25N5O2S+2. The third kappa shape index (κ3) is 3.66. The lowest BCUT2D eigenvalue weighted by Gasteiger charge is -2.29. The van der Waals surface area contributed by atoms with Crippen molar-refractivity contribution < 1.29 is 14.6 Å². The van der Waals surface area contributed by atoms with Crippen LogP contribution in [0.2, 0.25) is 0 Å². The van der Waals surface area contributed by atoms with E-state index in [4.69, 9.17) is 0 Å².